The van der Waals surface area contributed by atoms with Gasteiger partial charge >= 0.3 is 0 Å². The molecule has 2 heterocycles. The van der Waals surface area contributed by atoms with Crippen molar-refractivity contribution >= 4 is 29.1 Å². The Balaban J connectivity index is 1.99. The second kappa shape index (κ2) is 6.55. The maximum atomic E-state index is 11.4. The number of halogens is 2. The fourth-order valence-electron chi connectivity index (χ4n) is 2.22. The minimum atomic E-state index is 0.140. The number of rotatable bonds is 2. The van der Waals surface area contributed by atoms with Crippen LogP contribution in [0.1, 0.15) is 19.0 Å². The monoisotopic (exact) mass is 301 g/mol. The molecule has 0 aliphatic carbocycles. The van der Waals surface area contributed by atoms with Crippen LogP contribution in [0.5, 0.6) is 0 Å². The number of carbonyl (C=O) groups is 1. The second-order valence-electron chi connectivity index (χ2n) is 4.70. The molecule has 1 aromatic rings. The molecule has 6 heteroatoms. The summed E-state index contributed by atoms with van der Waals surface area (Å²) in [4.78, 5) is 19.8. The van der Waals surface area contributed by atoms with Crippen LogP contribution in [0.2, 0.25) is 10.2 Å². The van der Waals surface area contributed by atoms with E-state index in [4.69, 9.17) is 23.2 Å². The van der Waals surface area contributed by atoms with Crippen molar-refractivity contribution in [1.29, 1.82) is 0 Å². The van der Waals surface area contributed by atoms with Crippen molar-refractivity contribution in [2.45, 2.75) is 19.9 Å². The molecular weight excluding hydrogens is 285 g/mol. The Hall–Kier alpha value is -0.840. The largest absolute Gasteiger partial charge is 0.342 e. The first-order valence-electron chi connectivity index (χ1n) is 6.35. The zero-order valence-corrected chi connectivity index (χ0v) is 12.4. The normalized spacial score (nSPS) is 17.3. The minimum Gasteiger partial charge on any atom is -0.342 e. The molecule has 0 unspecified atom stereocenters. The zero-order valence-electron chi connectivity index (χ0n) is 10.9. The van der Waals surface area contributed by atoms with E-state index < -0.39 is 0 Å². The molecule has 0 N–H and O–H groups in total. The molecule has 0 aromatic carbocycles. The molecule has 0 saturated carbocycles. The molecule has 0 spiro atoms. The van der Waals surface area contributed by atoms with E-state index in [9.17, 15) is 4.79 Å². The van der Waals surface area contributed by atoms with Crippen molar-refractivity contribution in [3.8, 4) is 0 Å². The Kier molecular flexibility index (Phi) is 5.02. The van der Waals surface area contributed by atoms with Gasteiger partial charge in [-0.15, -0.1) is 0 Å². The summed E-state index contributed by atoms with van der Waals surface area (Å²) in [6.07, 6.45) is 0.970. The molecule has 1 aliphatic heterocycles. The van der Waals surface area contributed by atoms with Gasteiger partial charge in [-0.25, -0.2) is 4.98 Å². The molecule has 1 fully saturated rings. The van der Waals surface area contributed by atoms with E-state index in [0.717, 1.165) is 38.3 Å². The smallest absolute Gasteiger partial charge is 0.219 e. The molecule has 4 nitrogen and oxygen atoms in total. The van der Waals surface area contributed by atoms with E-state index in [2.05, 4.69) is 9.88 Å². The summed E-state index contributed by atoms with van der Waals surface area (Å²) in [5.74, 6) is 0.140. The van der Waals surface area contributed by atoms with Crippen LogP contribution < -0.4 is 0 Å². The maximum Gasteiger partial charge on any atom is 0.219 e. The Morgan fingerprint density at radius 2 is 2.05 bits per heavy atom. The molecule has 1 aromatic heterocycles. The lowest BCUT2D eigenvalue weighted by Crippen LogP contribution is -2.33. The summed E-state index contributed by atoms with van der Waals surface area (Å²) in [6.45, 7) is 5.64. The number of nitrogens with zero attached hydrogens (tertiary/aromatic N) is 3. The Bertz CT molecular complexity index is 467. The van der Waals surface area contributed by atoms with Gasteiger partial charge in [0.2, 0.25) is 5.91 Å². The van der Waals surface area contributed by atoms with Crippen molar-refractivity contribution in [3.63, 3.8) is 0 Å². The van der Waals surface area contributed by atoms with Gasteiger partial charge in [0, 0.05) is 39.6 Å². The average Bonchev–Trinajstić information content (AvgIpc) is 2.59. The zero-order chi connectivity index (χ0) is 13.8. The molecule has 1 amide bonds. The van der Waals surface area contributed by atoms with Crippen LogP contribution in [0.3, 0.4) is 0 Å². The van der Waals surface area contributed by atoms with Crippen molar-refractivity contribution in [3.05, 3.63) is 28.0 Å². The van der Waals surface area contributed by atoms with Gasteiger partial charge in [0.15, 0.2) is 0 Å². The van der Waals surface area contributed by atoms with Crippen LogP contribution >= 0.6 is 23.2 Å². The van der Waals surface area contributed by atoms with Gasteiger partial charge in [0.05, 0.1) is 10.7 Å². The highest BCUT2D eigenvalue weighted by atomic mass is 35.5. The molecule has 0 atom stereocenters. The number of amides is 1. The second-order valence-corrected chi connectivity index (χ2v) is 5.49. The molecule has 2 rings (SSSR count). The topological polar surface area (TPSA) is 36.4 Å². The van der Waals surface area contributed by atoms with Crippen molar-refractivity contribution in [2.24, 2.45) is 0 Å². The van der Waals surface area contributed by atoms with Crippen LogP contribution in [-0.2, 0) is 11.3 Å². The molecule has 0 radical (unpaired) electrons. The highest BCUT2D eigenvalue weighted by molar-refractivity contribution is 6.32. The van der Waals surface area contributed by atoms with E-state index >= 15 is 0 Å². The molecule has 104 valence electrons. The summed E-state index contributed by atoms with van der Waals surface area (Å²) in [7, 11) is 0. The lowest BCUT2D eigenvalue weighted by molar-refractivity contribution is -0.128. The van der Waals surface area contributed by atoms with Gasteiger partial charge in [-0.3, -0.25) is 9.69 Å². The van der Waals surface area contributed by atoms with Crippen molar-refractivity contribution < 1.29 is 4.79 Å². The van der Waals surface area contributed by atoms with Crippen LogP contribution in [0, 0.1) is 0 Å². The number of hydrogen-bond acceptors (Lipinski definition) is 3. The maximum absolute atomic E-state index is 11.4. The van der Waals surface area contributed by atoms with Gasteiger partial charge in [-0.05, 0) is 18.6 Å². The molecule has 19 heavy (non-hydrogen) atoms. The third kappa shape index (κ3) is 4.06. The van der Waals surface area contributed by atoms with Crippen LogP contribution in [0.25, 0.3) is 0 Å². The van der Waals surface area contributed by atoms with E-state index in [1.807, 2.05) is 4.90 Å². The van der Waals surface area contributed by atoms with E-state index in [1.165, 1.54) is 0 Å². The standard InChI is InChI=1S/C13H17Cl2N3O/c1-10(19)18-6-2-5-17(7-8-18)9-12-11(14)3-4-13(15)16-12/h3-4H,2,5-9H2,1H3. The number of carbonyl (C=O) groups excluding carboxylic acids is 1. The first-order valence-corrected chi connectivity index (χ1v) is 7.10. The van der Waals surface area contributed by atoms with E-state index in [1.54, 1.807) is 19.1 Å². The lowest BCUT2D eigenvalue weighted by atomic mass is 10.3. The predicted octanol–water partition coefficient (Wildman–Crippen LogP) is 2.44. The SMILES string of the molecule is CC(=O)N1CCCN(Cc2nc(Cl)ccc2Cl)CC1. The lowest BCUT2D eigenvalue weighted by Gasteiger charge is -2.21. The molecular formula is C13H17Cl2N3O. The summed E-state index contributed by atoms with van der Waals surface area (Å²) >= 11 is 12.0. The van der Waals surface area contributed by atoms with Crippen molar-refractivity contribution in [1.82, 2.24) is 14.8 Å². The van der Waals surface area contributed by atoms with Crippen LogP contribution in [0.15, 0.2) is 12.1 Å². The third-order valence-electron chi connectivity index (χ3n) is 3.29. The first-order chi connectivity index (χ1) is 9.06. The van der Waals surface area contributed by atoms with Gasteiger partial charge < -0.3 is 4.90 Å². The summed E-state index contributed by atoms with van der Waals surface area (Å²) < 4.78 is 0. The Morgan fingerprint density at radius 3 is 2.79 bits per heavy atom. The molecule has 1 saturated heterocycles. The Labute approximate surface area is 123 Å². The van der Waals surface area contributed by atoms with Crippen LogP contribution in [0.4, 0.5) is 0 Å². The quantitative estimate of drug-likeness (QED) is 0.787. The number of hydrogen-bond donors (Lipinski definition) is 0. The fraction of sp³-hybridized carbons (Fsp3) is 0.538. The highest BCUT2D eigenvalue weighted by Gasteiger charge is 2.17. The highest BCUT2D eigenvalue weighted by Crippen LogP contribution is 2.19. The minimum absolute atomic E-state index is 0.140. The van der Waals surface area contributed by atoms with Gasteiger partial charge in [-0.1, -0.05) is 23.2 Å². The summed E-state index contributed by atoms with van der Waals surface area (Å²) in [5.41, 5.74) is 0.797. The van der Waals surface area contributed by atoms with Gasteiger partial charge in [-0.2, -0.15) is 0 Å². The average molecular weight is 302 g/mol. The first kappa shape index (κ1) is 14.6. The molecule has 1 aliphatic rings. The predicted molar refractivity (Wildman–Crippen MR) is 76.4 cm³/mol. The Morgan fingerprint density at radius 1 is 1.26 bits per heavy atom. The van der Waals surface area contributed by atoms with E-state index in [0.29, 0.717) is 16.7 Å². The third-order valence-corrected chi connectivity index (χ3v) is 3.85. The number of aromatic nitrogens is 1. The number of pyridine rings is 1. The summed E-state index contributed by atoms with van der Waals surface area (Å²) in [5, 5.41) is 1.09. The van der Waals surface area contributed by atoms with Gasteiger partial charge in [0.1, 0.15) is 5.15 Å². The summed E-state index contributed by atoms with van der Waals surface area (Å²) in [6, 6.07) is 3.46. The molecule has 0 bridgehead atoms. The van der Waals surface area contributed by atoms with Crippen molar-refractivity contribution in [2.75, 3.05) is 26.2 Å². The van der Waals surface area contributed by atoms with E-state index in [-0.39, 0.29) is 5.91 Å². The van der Waals surface area contributed by atoms with Gasteiger partial charge in [0.25, 0.3) is 0 Å². The fourth-order valence-corrected chi connectivity index (χ4v) is 2.55. The van der Waals surface area contributed by atoms with Crippen LogP contribution in [-0.4, -0.2) is 46.9 Å².